The van der Waals surface area contributed by atoms with Crippen LogP contribution in [0.25, 0.3) is 0 Å². The van der Waals surface area contributed by atoms with Crippen molar-refractivity contribution in [3.63, 3.8) is 0 Å². The second kappa shape index (κ2) is 12.2. The standard InChI is InChI=1S/C15H28N4S.HI/c1-5-16-15(18-10-12(2)3)17-9-7-6-8-14-19-13(4)11-20-14;/h11-12H,5-10H2,1-4H3,(H2,16,17,18);1H. The molecule has 0 saturated heterocycles. The van der Waals surface area contributed by atoms with Crippen molar-refractivity contribution in [2.45, 2.75) is 47.0 Å². The zero-order valence-electron chi connectivity index (χ0n) is 13.6. The van der Waals surface area contributed by atoms with Gasteiger partial charge in [-0.25, -0.2) is 4.98 Å². The van der Waals surface area contributed by atoms with E-state index in [-0.39, 0.29) is 24.0 Å². The van der Waals surface area contributed by atoms with Gasteiger partial charge in [-0.1, -0.05) is 13.8 Å². The van der Waals surface area contributed by atoms with Crippen LogP contribution in [0.3, 0.4) is 0 Å². The number of rotatable bonds is 8. The van der Waals surface area contributed by atoms with Crippen LogP contribution >= 0.6 is 35.3 Å². The smallest absolute Gasteiger partial charge is 0.191 e. The van der Waals surface area contributed by atoms with Gasteiger partial charge in [0.2, 0.25) is 0 Å². The van der Waals surface area contributed by atoms with Crippen LogP contribution in [-0.2, 0) is 6.42 Å². The molecular weight excluding hydrogens is 395 g/mol. The Bertz CT molecular complexity index is 404. The Morgan fingerprint density at radius 2 is 2.10 bits per heavy atom. The van der Waals surface area contributed by atoms with Crippen LogP contribution in [0.1, 0.15) is 44.3 Å². The molecule has 6 heteroatoms. The Kier molecular flexibility index (Phi) is 12.0. The Morgan fingerprint density at radius 3 is 2.67 bits per heavy atom. The molecule has 122 valence electrons. The molecule has 1 aromatic rings. The number of aliphatic imine (C=N–C) groups is 1. The highest BCUT2D eigenvalue weighted by molar-refractivity contribution is 14.0. The third-order valence-corrected chi connectivity index (χ3v) is 3.76. The molecular formula is C15H29IN4S. The molecule has 0 unspecified atom stereocenters. The molecule has 0 fully saturated rings. The number of nitrogens with zero attached hydrogens (tertiary/aromatic N) is 2. The maximum absolute atomic E-state index is 4.56. The van der Waals surface area contributed by atoms with Gasteiger partial charge in [-0.3, -0.25) is 4.99 Å². The minimum atomic E-state index is 0. The van der Waals surface area contributed by atoms with Gasteiger partial charge in [-0.05, 0) is 39.0 Å². The van der Waals surface area contributed by atoms with E-state index in [1.165, 1.54) is 11.4 Å². The first kappa shape index (κ1) is 20.6. The van der Waals surface area contributed by atoms with Gasteiger partial charge >= 0.3 is 0 Å². The Balaban J connectivity index is 0.00000400. The lowest BCUT2D eigenvalue weighted by Crippen LogP contribution is -2.38. The van der Waals surface area contributed by atoms with Crippen LogP contribution in [0.15, 0.2) is 10.4 Å². The molecule has 0 amide bonds. The highest BCUT2D eigenvalue weighted by Gasteiger charge is 2.00. The maximum Gasteiger partial charge on any atom is 0.191 e. The summed E-state index contributed by atoms with van der Waals surface area (Å²) >= 11 is 1.77. The lowest BCUT2D eigenvalue weighted by Gasteiger charge is -2.11. The number of guanidine groups is 1. The molecule has 21 heavy (non-hydrogen) atoms. The van der Waals surface area contributed by atoms with Gasteiger partial charge in [0.1, 0.15) is 0 Å². The first-order chi connectivity index (χ1) is 9.61. The number of hydrogen-bond donors (Lipinski definition) is 2. The van der Waals surface area contributed by atoms with Gasteiger partial charge in [-0.2, -0.15) is 0 Å². The second-order valence-electron chi connectivity index (χ2n) is 5.38. The quantitative estimate of drug-likeness (QED) is 0.290. The molecule has 0 aliphatic carbocycles. The molecule has 0 radical (unpaired) electrons. The zero-order valence-corrected chi connectivity index (χ0v) is 16.8. The minimum absolute atomic E-state index is 0. The van der Waals surface area contributed by atoms with E-state index in [1.54, 1.807) is 11.3 Å². The molecule has 1 heterocycles. The van der Waals surface area contributed by atoms with Crippen molar-refractivity contribution in [3.8, 4) is 0 Å². The summed E-state index contributed by atoms with van der Waals surface area (Å²) < 4.78 is 0. The van der Waals surface area contributed by atoms with E-state index in [0.29, 0.717) is 5.92 Å². The zero-order chi connectivity index (χ0) is 14.8. The van der Waals surface area contributed by atoms with Crippen LogP contribution in [0.5, 0.6) is 0 Å². The predicted octanol–water partition coefficient (Wildman–Crippen LogP) is 3.60. The average molecular weight is 424 g/mol. The summed E-state index contributed by atoms with van der Waals surface area (Å²) in [5.41, 5.74) is 1.14. The molecule has 0 aliphatic rings. The summed E-state index contributed by atoms with van der Waals surface area (Å²) in [7, 11) is 0. The third kappa shape index (κ3) is 10.1. The molecule has 0 atom stereocenters. The minimum Gasteiger partial charge on any atom is -0.357 e. The molecule has 1 aromatic heterocycles. The first-order valence-electron chi connectivity index (χ1n) is 7.55. The fourth-order valence-electron chi connectivity index (χ4n) is 1.74. The van der Waals surface area contributed by atoms with Gasteiger partial charge in [0, 0.05) is 30.7 Å². The SMILES string of the molecule is CCNC(=NCC(C)C)NCCCCc1nc(C)cs1.I. The third-order valence-electron chi connectivity index (χ3n) is 2.74. The number of aryl methyl sites for hydroxylation is 2. The van der Waals surface area contributed by atoms with Crippen LogP contribution in [0, 0.1) is 12.8 Å². The fraction of sp³-hybridized carbons (Fsp3) is 0.733. The number of hydrogen-bond acceptors (Lipinski definition) is 3. The molecule has 0 bridgehead atoms. The molecule has 1 rings (SSSR count). The highest BCUT2D eigenvalue weighted by atomic mass is 127. The van der Waals surface area contributed by atoms with E-state index >= 15 is 0 Å². The van der Waals surface area contributed by atoms with Crippen LogP contribution < -0.4 is 10.6 Å². The van der Waals surface area contributed by atoms with Crippen molar-refractivity contribution >= 4 is 41.3 Å². The van der Waals surface area contributed by atoms with Gasteiger partial charge < -0.3 is 10.6 Å². The monoisotopic (exact) mass is 424 g/mol. The van der Waals surface area contributed by atoms with E-state index in [2.05, 4.69) is 53.7 Å². The van der Waals surface area contributed by atoms with E-state index < -0.39 is 0 Å². The normalized spacial score (nSPS) is 11.4. The predicted molar refractivity (Wildman–Crippen MR) is 104 cm³/mol. The van der Waals surface area contributed by atoms with E-state index in [4.69, 9.17) is 0 Å². The van der Waals surface area contributed by atoms with Crippen molar-refractivity contribution in [1.82, 2.24) is 15.6 Å². The maximum atomic E-state index is 4.56. The summed E-state index contributed by atoms with van der Waals surface area (Å²) in [6, 6.07) is 0. The van der Waals surface area contributed by atoms with Gasteiger partial charge in [-0.15, -0.1) is 35.3 Å². The van der Waals surface area contributed by atoms with Crippen LogP contribution in [-0.4, -0.2) is 30.6 Å². The fourth-order valence-corrected chi connectivity index (χ4v) is 2.56. The lowest BCUT2D eigenvalue weighted by atomic mass is 10.2. The molecule has 0 spiro atoms. The lowest BCUT2D eigenvalue weighted by molar-refractivity contribution is 0.650. The second-order valence-corrected chi connectivity index (χ2v) is 6.32. The summed E-state index contributed by atoms with van der Waals surface area (Å²) in [6.07, 6.45) is 3.40. The molecule has 2 N–H and O–H groups in total. The number of aromatic nitrogens is 1. The van der Waals surface area contributed by atoms with Gasteiger partial charge in [0.05, 0.1) is 5.01 Å². The Morgan fingerprint density at radius 1 is 1.33 bits per heavy atom. The topological polar surface area (TPSA) is 49.3 Å². The molecule has 0 aliphatic heterocycles. The molecule has 0 aromatic carbocycles. The molecule has 4 nitrogen and oxygen atoms in total. The van der Waals surface area contributed by atoms with Crippen LogP contribution in [0.2, 0.25) is 0 Å². The van der Waals surface area contributed by atoms with Crippen molar-refractivity contribution in [1.29, 1.82) is 0 Å². The summed E-state index contributed by atoms with van der Waals surface area (Å²) in [5.74, 6) is 1.53. The Hall–Kier alpha value is -0.370. The Labute approximate surface area is 150 Å². The van der Waals surface area contributed by atoms with E-state index in [0.717, 1.165) is 44.1 Å². The number of nitrogens with one attached hydrogen (secondary N) is 2. The van der Waals surface area contributed by atoms with E-state index in [1.807, 2.05) is 0 Å². The molecule has 0 saturated carbocycles. The number of halogens is 1. The van der Waals surface area contributed by atoms with Crippen molar-refractivity contribution in [3.05, 3.63) is 16.1 Å². The largest absolute Gasteiger partial charge is 0.357 e. The van der Waals surface area contributed by atoms with Crippen molar-refractivity contribution < 1.29 is 0 Å². The highest BCUT2D eigenvalue weighted by Crippen LogP contribution is 2.11. The number of thiazole rings is 1. The first-order valence-corrected chi connectivity index (χ1v) is 8.43. The average Bonchev–Trinajstić information content (AvgIpc) is 2.81. The summed E-state index contributed by atoms with van der Waals surface area (Å²) in [4.78, 5) is 9.04. The van der Waals surface area contributed by atoms with E-state index in [9.17, 15) is 0 Å². The van der Waals surface area contributed by atoms with Crippen molar-refractivity contribution in [2.24, 2.45) is 10.9 Å². The van der Waals surface area contributed by atoms with Crippen LogP contribution in [0.4, 0.5) is 0 Å². The number of unbranched alkanes of at least 4 members (excludes halogenated alkanes) is 1. The summed E-state index contributed by atoms with van der Waals surface area (Å²) in [5, 5.41) is 10.0. The summed E-state index contributed by atoms with van der Waals surface area (Å²) in [6.45, 7) is 11.3. The van der Waals surface area contributed by atoms with Crippen molar-refractivity contribution in [2.75, 3.05) is 19.6 Å². The van der Waals surface area contributed by atoms with Gasteiger partial charge in [0.15, 0.2) is 5.96 Å². The van der Waals surface area contributed by atoms with Gasteiger partial charge in [0.25, 0.3) is 0 Å².